The molecule has 2 rings (SSSR count). The third kappa shape index (κ3) is 4.10. The molecular formula is C19H31N2O+. The van der Waals surface area contributed by atoms with Gasteiger partial charge in [-0.2, -0.15) is 0 Å². The summed E-state index contributed by atoms with van der Waals surface area (Å²) in [6.07, 6.45) is 5.18. The largest absolute Gasteiger partial charge is 0.334 e. The van der Waals surface area contributed by atoms with E-state index in [2.05, 4.69) is 50.5 Å². The molecule has 0 aromatic heterocycles. The second-order valence-electron chi connectivity index (χ2n) is 7.17. The van der Waals surface area contributed by atoms with Gasteiger partial charge < -0.3 is 10.6 Å². The van der Waals surface area contributed by atoms with E-state index in [-0.39, 0.29) is 11.9 Å². The Balaban J connectivity index is 1.99. The third-order valence-electron chi connectivity index (χ3n) is 5.05. The molecular weight excluding hydrogens is 272 g/mol. The highest BCUT2D eigenvalue weighted by atomic mass is 16.2. The maximum absolute atomic E-state index is 12.5. The van der Waals surface area contributed by atoms with Crippen LogP contribution in [0, 0.1) is 26.7 Å². The first-order valence-electron chi connectivity index (χ1n) is 8.62. The lowest BCUT2D eigenvalue weighted by Crippen LogP contribution is -2.97. The van der Waals surface area contributed by atoms with Crippen LogP contribution in [0.5, 0.6) is 0 Å². The average molecular weight is 303 g/mol. The number of anilines is 1. The molecule has 1 amide bonds. The molecule has 1 saturated carbocycles. The normalized spacial score (nSPS) is 23.1. The predicted octanol–water partition coefficient (Wildman–Crippen LogP) is 3.08. The van der Waals surface area contributed by atoms with Crippen LogP contribution >= 0.6 is 0 Å². The molecule has 1 aromatic rings. The van der Waals surface area contributed by atoms with Crippen molar-refractivity contribution in [3.8, 4) is 0 Å². The number of nitrogens with one attached hydrogen (secondary N) is 1. The second kappa shape index (κ2) is 7.28. The molecule has 0 unspecified atom stereocenters. The highest BCUT2D eigenvalue weighted by Gasteiger charge is 2.28. The number of nitrogens with two attached hydrogens (primary N) is 1. The molecule has 3 heteroatoms. The van der Waals surface area contributed by atoms with Gasteiger partial charge in [0, 0.05) is 11.6 Å². The molecule has 0 saturated heterocycles. The number of quaternary nitrogens is 1. The summed E-state index contributed by atoms with van der Waals surface area (Å²) in [5, 5.41) is 5.42. The Bertz CT molecular complexity index is 515. The van der Waals surface area contributed by atoms with Crippen LogP contribution in [0.2, 0.25) is 0 Å². The van der Waals surface area contributed by atoms with E-state index in [1.807, 2.05) is 6.92 Å². The Morgan fingerprint density at radius 3 is 2.36 bits per heavy atom. The monoisotopic (exact) mass is 303 g/mol. The Morgan fingerprint density at radius 1 is 1.18 bits per heavy atom. The summed E-state index contributed by atoms with van der Waals surface area (Å²) in [6, 6.07) is 4.81. The lowest BCUT2D eigenvalue weighted by Gasteiger charge is -2.28. The zero-order chi connectivity index (χ0) is 16.3. The minimum atomic E-state index is -0.0364. The lowest BCUT2D eigenvalue weighted by atomic mass is 9.85. The molecule has 0 bridgehead atoms. The first-order valence-corrected chi connectivity index (χ1v) is 8.62. The molecule has 1 fully saturated rings. The van der Waals surface area contributed by atoms with Crippen LogP contribution in [0.1, 0.15) is 56.2 Å². The van der Waals surface area contributed by atoms with Crippen molar-refractivity contribution in [2.24, 2.45) is 5.92 Å². The van der Waals surface area contributed by atoms with E-state index in [0.29, 0.717) is 12.0 Å². The molecule has 1 aliphatic rings. The van der Waals surface area contributed by atoms with E-state index in [0.717, 1.165) is 16.8 Å². The number of rotatable bonds is 4. The first-order chi connectivity index (χ1) is 10.4. The molecule has 22 heavy (non-hydrogen) atoms. The van der Waals surface area contributed by atoms with Crippen molar-refractivity contribution < 1.29 is 10.1 Å². The number of carbonyl (C=O) groups excluding carboxylic acids is 1. The topological polar surface area (TPSA) is 45.7 Å². The number of aryl methyl sites for hydroxylation is 3. The maximum atomic E-state index is 12.5. The van der Waals surface area contributed by atoms with Gasteiger partial charge in [0.2, 0.25) is 0 Å². The molecule has 0 aliphatic heterocycles. The minimum Gasteiger partial charge on any atom is -0.334 e. The summed E-state index contributed by atoms with van der Waals surface area (Å²) in [4.78, 5) is 12.5. The van der Waals surface area contributed by atoms with E-state index >= 15 is 0 Å². The van der Waals surface area contributed by atoms with Gasteiger partial charge in [0.1, 0.15) is 0 Å². The van der Waals surface area contributed by atoms with Crippen LogP contribution in [0.15, 0.2) is 12.1 Å². The summed E-state index contributed by atoms with van der Waals surface area (Å²) < 4.78 is 0. The van der Waals surface area contributed by atoms with Crippen LogP contribution in [0.25, 0.3) is 0 Å². The first kappa shape index (κ1) is 17.0. The van der Waals surface area contributed by atoms with Crippen LogP contribution in [0.4, 0.5) is 5.69 Å². The highest BCUT2D eigenvalue weighted by Crippen LogP contribution is 2.23. The van der Waals surface area contributed by atoms with Crippen molar-refractivity contribution in [3.63, 3.8) is 0 Å². The average Bonchev–Trinajstić information content (AvgIpc) is 2.45. The molecule has 1 aliphatic carbocycles. The van der Waals surface area contributed by atoms with Gasteiger partial charge in [-0.15, -0.1) is 0 Å². The molecule has 3 N–H and O–H groups in total. The molecule has 3 nitrogen and oxygen atoms in total. The van der Waals surface area contributed by atoms with E-state index in [4.69, 9.17) is 0 Å². The summed E-state index contributed by atoms with van der Waals surface area (Å²) in [5.74, 6) is 0.833. The van der Waals surface area contributed by atoms with Crippen LogP contribution < -0.4 is 10.6 Å². The van der Waals surface area contributed by atoms with E-state index in [9.17, 15) is 4.79 Å². The van der Waals surface area contributed by atoms with Gasteiger partial charge in [-0.3, -0.25) is 4.79 Å². The van der Waals surface area contributed by atoms with Gasteiger partial charge in [-0.25, -0.2) is 0 Å². The third-order valence-corrected chi connectivity index (χ3v) is 5.05. The number of carbonyl (C=O) groups is 1. The van der Waals surface area contributed by atoms with E-state index < -0.39 is 0 Å². The zero-order valence-corrected chi connectivity index (χ0v) is 14.7. The van der Waals surface area contributed by atoms with Crippen molar-refractivity contribution in [1.82, 2.24) is 0 Å². The zero-order valence-electron chi connectivity index (χ0n) is 14.7. The fraction of sp³-hybridized carbons (Fsp3) is 0.632. The summed E-state index contributed by atoms with van der Waals surface area (Å²) in [7, 11) is 0. The predicted molar refractivity (Wildman–Crippen MR) is 92.1 cm³/mol. The fourth-order valence-electron chi connectivity index (χ4n) is 3.70. The number of hydrogen-bond acceptors (Lipinski definition) is 1. The molecule has 0 heterocycles. The van der Waals surface area contributed by atoms with Crippen molar-refractivity contribution in [3.05, 3.63) is 28.8 Å². The Labute approximate surface area is 134 Å². The van der Waals surface area contributed by atoms with Crippen molar-refractivity contribution in [2.45, 2.75) is 72.4 Å². The van der Waals surface area contributed by atoms with Crippen molar-refractivity contribution in [1.29, 1.82) is 0 Å². The van der Waals surface area contributed by atoms with Gasteiger partial charge in [0.25, 0.3) is 5.91 Å². The maximum Gasteiger partial charge on any atom is 0.282 e. The highest BCUT2D eigenvalue weighted by molar-refractivity contribution is 5.95. The van der Waals surface area contributed by atoms with Gasteiger partial charge >= 0.3 is 0 Å². The molecule has 1 aromatic carbocycles. The van der Waals surface area contributed by atoms with Crippen LogP contribution in [0.3, 0.4) is 0 Å². The summed E-state index contributed by atoms with van der Waals surface area (Å²) in [5.41, 5.74) is 4.50. The molecule has 122 valence electrons. The molecule has 3 atom stereocenters. The van der Waals surface area contributed by atoms with Gasteiger partial charge in [0.05, 0.1) is 6.04 Å². The Morgan fingerprint density at radius 2 is 1.77 bits per heavy atom. The number of hydrogen-bond donors (Lipinski definition) is 2. The van der Waals surface area contributed by atoms with Crippen molar-refractivity contribution in [2.75, 3.05) is 5.32 Å². The second-order valence-corrected chi connectivity index (χ2v) is 7.17. The number of amides is 1. The van der Waals surface area contributed by atoms with Gasteiger partial charge in [-0.05, 0) is 58.1 Å². The van der Waals surface area contributed by atoms with Gasteiger partial charge in [0.15, 0.2) is 6.04 Å². The van der Waals surface area contributed by atoms with Gasteiger partial charge in [-0.1, -0.05) is 31.0 Å². The fourth-order valence-corrected chi connectivity index (χ4v) is 3.70. The standard InChI is InChI=1S/C19H30N2O/c1-12-10-14(3)18(15(4)11-12)21-19(22)16(5)20-17-9-7-6-8-13(17)2/h10-11,13,16-17,20H,6-9H2,1-5H3,(H,21,22)/p+1/t13-,16-,17+/m0/s1. The minimum absolute atomic E-state index is 0.0364. The van der Waals surface area contributed by atoms with E-state index in [1.165, 1.54) is 31.2 Å². The van der Waals surface area contributed by atoms with Crippen LogP contribution in [-0.2, 0) is 4.79 Å². The smallest absolute Gasteiger partial charge is 0.282 e. The lowest BCUT2D eigenvalue weighted by molar-refractivity contribution is -0.714. The Hall–Kier alpha value is -1.35. The summed E-state index contributed by atoms with van der Waals surface area (Å²) >= 11 is 0. The van der Waals surface area contributed by atoms with E-state index in [1.54, 1.807) is 0 Å². The molecule has 0 radical (unpaired) electrons. The molecule has 0 spiro atoms. The SMILES string of the molecule is Cc1cc(C)c(NC(=O)[C@H](C)[NH2+][C@@H]2CCCC[C@@H]2C)c(C)c1. The van der Waals surface area contributed by atoms with Crippen LogP contribution in [-0.4, -0.2) is 18.0 Å². The van der Waals surface area contributed by atoms with Crippen molar-refractivity contribution >= 4 is 11.6 Å². The summed E-state index contributed by atoms with van der Waals surface area (Å²) in [6.45, 7) is 10.6. The number of benzene rings is 1. The quantitative estimate of drug-likeness (QED) is 0.882. The Kier molecular flexibility index (Phi) is 5.63.